The van der Waals surface area contributed by atoms with Crippen molar-refractivity contribution >= 4 is 32.8 Å². The van der Waals surface area contributed by atoms with Gasteiger partial charge in [-0.2, -0.15) is 0 Å². The molecule has 0 N–H and O–H groups in total. The molecule has 3 aromatic heterocycles. The molecule has 68 heavy (non-hydrogen) atoms. The summed E-state index contributed by atoms with van der Waals surface area (Å²) in [4.78, 5) is 4.87. The van der Waals surface area contributed by atoms with Gasteiger partial charge in [0, 0.05) is 11.8 Å². The zero-order valence-corrected chi connectivity index (χ0v) is 39.5. The summed E-state index contributed by atoms with van der Waals surface area (Å²) in [7, 11) is 0. The van der Waals surface area contributed by atoms with E-state index in [1.165, 1.54) is 64.8 Å². The van der Waals surface area contributed by atoms with Crippen LogP contribution in [0.1, 0.15) is 60.7 Å². The third kappa shape index (κ3) is 6.70. The molecule has 0 fully saturated rings. The quantitative estimate of drug-likeness (QED) is 0.142. The number of hydrogen-bond acceptors (Lipinski definition) is 2. The Hall–Kier alpha value is -7.33. The molecule has 2 aliphatic rings. The minimum absolute atomic E-state index is 0.123. The molecule has 3 heterocycles. The van der Waals surface area contributed by atoms with E-state index in [4.69, 9.17) is 16.6 Å². The molecule has 11 aromatic rings. The molecular formula is C62H46N4OPt-2. The number of aryl methyl sites for hydroxylation is 1. The van der Waals surface area contributed by atoms with Crippen LogP contribution in [0, 0.1) is 22.9 Å². The predicted octanol–water partition coefficient (Wildman–Crippen LogP) is 15.5. The van der Waals surface area contributed by atoms with Crippen LogP contribution in [0.4, 0.5) is 0 Å². The maximum atomic E-state index is 8.63. The number of rotatable bonds is 8. The maximum absolute atomic E-state index is 8.63. The summed E-state index contributed by atoms with van der Waals surface area (Å²) >= 11 is 2.53. The Balaban J connectivity index is 0.947. The minimum atomic E-state index is -0.428. The normalized spacial score (nSPS) is 14.7. The molecule has 8 aromatic carbocycles. The van der Waals surface area contributed by atoms with Gasteiger partial charge in [0.25, 0.3) is 0 Å². The van der Waals surface area contributed by atoms with Gasteiger partial charge < -0.3 is 0 Å². The van der Waals surface area contributed by atoms with Gasteiger partial charge in [-0.3, -0.25) is 0 Å². The Morgan fingerprint density at radius 2 is 1.25 bits per heavy atom. The van der Waals surface area contributed by atoms with Gasteiger partial charge >= 0.3 is 337 Å². The molecule has 0 spiro atoms. The van der Waals surface area contributed by atoms with Crippen molar-refractivity contribution in [3.8, 4) is 62.1 Å². The van der Waals surface area contributed by atoms with Gasteiger partial charge in [-0.1, -0.05) is 42.3 Å². The van der Waals surface area contributed by atoms with Crippen LogP contribution in [0.25, 0.3) is 83.4 Å². The van der Waals surface area contributed by atoms with Gasteiger partial charge in [0.2, 0.25) is 0 Å². The van der Waals surface area contributed by atoms with Gasteiger partial charge in [-0.25, -0.2) is 0 Å². The number of hydrogen-bond donors (Lipinski definition) is 0. The molecule has 5 nitrogen and oxygen atoms in total. The van der Waals surface area contributed by atoms with Gasteiger partial charge in [-0.05, 0) is 18.1 Å². The SMILES string of the molecule is [2H]c1c([2H])c([2H])c(-c2cnc(-n3c4[c-]c(Oc5[c-]c(-n6[c](=[Pt])n(-c7c(-c8ccccc8)c8c9c(c7-c7ccccc7)CCCC9CCC8)c7ccccc76)ccc5)ccc4c4ccccc43)cc2C)c([2H])c1[2H]. The number of aromatic nitrogens is 4. The Labute approximate surface area is 414 Å². The molecule has 0 radical (unpaired) electrons. The number of imidazole rings is 1. The molecule has 0 saturated heterocycles. The molecule has 0 aliphatic heterocycles. The summed E-state index contributed by atoms with van der Waals surface area (Å²) in [5, 5.41) is 1.98. The molecule has 6 heteroatoms. The standard InChI is InChI=1S/C62H46N4O.Pt/c1-41-36-58(63-39-53(41)42-18-5-2-6-19-42)66-54-31-12-11-28-49(54)50-35-34-48(38-57(50)66)67-47-27-17-26-46(37-47)64-40-65(56-33-14-13-32-55(56)64)62-60(44-20-7-3-8-21-44)51-29-15-24-43-25-16-30-52(59(43)51)61(62)45-22-9-4-10-23-45;/h2-14,17-23,26-28,31-36,39,43H,15-16,24-25,29-30H2,1H3;/q-2;/i2D,5D,6D,18D,19D;. The van der Waals surface area contributed by atoms with E-state index < -0.39 is 6.04 Å². The second kappa shape index (κ2) is 16.8. The Kier molecular flexibility index (Phi) is 8.83. The number of fused-ring (bicyclic) bond motifs is 4. The Morgan fingerprint density at radius 3 is 1.94 bits per heavy atom. The van der Waals surface area contributed by atoms with Crippen LogP contribution in [0.3, 0.4) is 0 Å². The molecule has 2 aliphatic carbocycles. The van der Waals surface area contributed by atoms with E-state index in [1.807, 2.05) is 60.0 Å². The molecule has 0 atom stereocenters. The van der Waals surface area contributed by atoms with Crippen LogP contribution in [-0.4, -0.2) is 18.7 Å². The van der Waals surface area contributed by atoms with Crippen molar-refractivity contribution in [3.63, 3.8) is 0 Å². The summed E-state index contributed by atoms with van der Waals surface area (Å²) in [6.07, 6.45) is 8.60. The first-order valence-corrected chi connectivity index (χ1v) is 24.5. The number of nitrogens with zero attached hydrogens (tertiary/aromatic N) is 4. The first-order valence-electron chi connectivity index (χ1n) is 25.9. The average Bonchev–Trinajstić information content (AvgIpc) is 3.91. The third-order valence-electron chi connectivity index (χ3n) is 14.0. The van der Waals surface area contributed by atoms with Crippen LogP contribution in [-0.2, 0) is 32.2 Å². The van der Waals surface area contributed by atoms with E-state index in [0.717, 1.165) is 55.2 Å². The van der Waals surface area contributed by atoms with Crippen molar-refractivity contribution in [1.82, 2.24) is 18.7 Å². The fraction of sp³-hybridized carbons (Fsp3) is 0.129. The van der Waals surface area contributed by atoms with Crippen LogP contribution in [0.15, 0.2) is 182 Å². The molecule has 13 rings (SSSR count). The number of pyridine rings is 1. The number of para-hydroxylation sites is 3. The fourth-order valence-electron chi connectivity index (χ4n) is 11.2. The summed E-state index contributed by atoms with van der Waals surface area (Å²) < 4.78 is 56.5. The van der Waals surface area contributed by atoms with Gasteiger partial charge in [0.1, 0.15) is 0 Å². The topological polar surface area (TPSA) is 36.9 Å². The minimum Gasteiger partial charge on any atom is -0.0616 e. The van der Waals surface area contributed by atoms with Crippen LogP contribution >= 0.6 is 0 Å². The van der Waals surface area contributed by atoms with E-state index >= 15 is 0 Å². The average molecular weight is 1060 g/mol. The summed E-state index contributed by atoms with van der Waals surface area (Å²) in [6, 6.07) is 56.4. The first-order chi connectivity index (χ1) is 35.7. The molecule has 0 unspecified atom stereocenters. The predicted molar refractivity (Wildman–Crippen MR) is 272 cm³/mol. The van der Waals surface area contributed by atoms with E-state index in [9.17, 15) is 0 Å². The van der Waals surface area contributed by atoms with Crippen molar-refractivity contribution < 1.29 is 30.9 Å². The fourth-order valence-corrected chi connectivity index (χ4v) is 12.3. The molecule has 0 saturated carbocycles. The van der Waals surface area contributed by atoms with Crippen LogP contribution in [0.2, 0.25) is 0 Å². The number of benzene rings is 8. The zero-order chi connectivity index (χ0) is 49.6. The van der Waals surface area contributed by atoms with Gasteiger partial charge in [-0.15, -0.1) is 0 Å². The van der Waals surface area contributed by atoms with Gasteiger partial charge in [0.15, 0.2) is 0 Å². The summed E-state index contributed by atoms with van der Waals surface area (Å²) in [6.45, 7) is 1.87. The van der Waals surface area contributed by atoms with E-state index in [-0.39, 0.29) is 29.7 Å². The van der Waals surface area contributed by atoms with Crippen molar-refractivity contribution in [3.05, 3.63) is 220 Å². The Bertz CT molecular complexity index is 4020. The monoisotopic (exact) mass is 1060 g/mol. The summed E-state index contributed by atoms with van der Waals surface area (Å²) in [5.74, 6) is 2.21. The van der Waals surface area contributed by atoms with E-state index in [2.05, 4.69) is 138 Å². The first kappa shape index (κ1) is 35.8. The number of ether oxygens (including phenoxy) is 1. The second-order valence-corrected chi connectivity index (χ2v) is 18.9. The van der Waals surface area contributed by atoms with Crippen molar-refractivity contribution in [2.24, 2.45) is 0 Å². The van der Waals surface area contributed by atoms with Gasteiger partial charge in [0.05, 0.1) is 6.85 Å². The molecule has 0 amide bonds. The molecule has 332 valence electrons. The van der Waals surface area contributed by atoms with E-state index in [0.29, 0.717) is 34.4 Å². The zero-order valence-electron chi connectivity index (χ0n) is 42.3. The van der Waals surface area contributed by atoms with Crippen molar-refractivity contribution in [2.75, 3.05) is 0 Å². The smallest absolute Gasteiger partial charge is 0.0616 e. The van der Waals surface area contributed by atoms with Crippen molar-refractivity contribution in [1.29, 1.82) is 0 Å². The second-order valence-electron chi connectivity index (χ2n) is 17.9. The third-order valence-corrected chi connectivity index (χ3v) is 15.0. The molecule has 0 bridgehead atoms. The Morgan fingerprint density at radius 1 is 0.618 bits per heavy atom. The van der Waals surface area contributed by atoms with Crippen LogP contribution in [0.5, 0.6) is 11.5 Å². The molecular weight excluding hydrogens is 1010 g/mol. The van der Waals surface area contributed by atoms with Crippen molar-refractivity contribution in [2.45, 2.75) is 51.4 Å². The summed E-state index contributed by atoms with van der Waals surface area (Å²) in [5.41, 5.74) is 17.0. The van der Waals surface area contributed by atoms with E-state index in [1.54, 1.807) is 11.8 Å². The van der Waals surface area contributed by atoms with Crippen LogP contribution < -0.4 is 4.74 Å².